The van der Waals surface area contributed by atoms with Crippen LogP contribution in [0.1, 0.15) is 13.8 Å². The fourth-order valence-electron chi connectivity index (χ4n) is 2.70. The van der Waals surface area contributed by atoms with Gasteiger partial charge in [0.05, 0.1) is 0 Å². The fourth-order valence-corrected chi connectivity index (χ4v) is 2.70. The van der Waals surface area contributed by atoms with E-state index in [9.17, 15) is 9.50 Å². The SMILES string of the molecule is C[C@@H]1C[NH+](C[C@H](O)COc2ccccc2F)C[C@H](C)O1. The number of hydrogen-bond acceptors (Lipinski definition) is 3. The predicted octanol–water partition coefficient (Wildman–Crippen LogP) is 0.258. The molecule has 1 heterocycles. The molecular weight excluding hydrogens is 261 g/mol. The molecule has 0 radical (unpaired) electrons. The number of rotatable bonds is 5. The molecule has 4 nitrogen and oxygen atoms in total. The monoisotopic (exact) mass is 284 g/mol. The number of quaternary nitrogens is 1. The summed E-state index contributed by atoms with van der Waals surface area (Å²) < 4.78 is 24.4. The highest BCUT2D eigenvalue weighted by molar-refractivity contribution is 5.23. The molecule has 2 N–H and O–H groups in total. The topological polar surface area (TPSA) is 43.1 Å². The first-order chi connectivity index (χ1) is 9.54. The lowest BCUT2D eigenvalue weighted by Crippen LogP contribution is -3.16. The fraction of sp³-hybridized carbons (Fsp3) is 0.600. The van der Waals surface area contributed by atoms with Gasteiger partial charge in [-0.25, -0.2) is 4.39 Å². The van der Waals surface area contributed by atoms with Crippen molar-refractivity contribution in [2.24, 2.45) is 0 Å². The van der Waals surface area contributed by atoms with Gasteiger partial charge >= 0.3 is 0 Å². The van der Waals surface area contributed by atoms with Crippen molar-refractivity contribution in [3.8, 4) is 5.75 Å². The maximum absolute atomic E-state index is 13.4. The van der Waals surface area contributed by atoms with E-state index in [1.165, 1.54) is 11.0 Å². The molecule has 1 saturated heterocycles. The minimum atomic E-state index is -0.609. The van der Waals surface area contributed by atoms with Crippen molar-refractivity contribution in [2.45, 2.75) is 32.2 Å². The highest BCUT2D eigenvalue weighted by atomic mass is 19.1. The zero-order chi connectivity index (χ0) is 14.5. The summed E-state index contributed by atoms with van der Waals surface area (Å²) in [4.78, 5) is 1.29. The van der Waals surface area contributed by atoms with Crippen molar-refractivity contribution < 1.29 is 23.9 Å². The first kappa shape index (κ1) is 15.2. The van der Waals surface area contributed by atoms with E-state index in [-0.39, 0.29) is 24.6 Å². The molecule has 1 aliphatic heterocycles. The van der Waals surface area contributed by atoms with Gasteiger partial charge in [0, 0.05) is 0 Å². The van der Waals surface area contributed by atoms with E-state index in [0.717, 1.165) is 13.1 Å². The lowest BCUT2D eigenvalue weighted by atomic mass is 10.2. The van der Waals surface area contributed by atoms with Gasteiger partial charge in [0.1, 0.15) is 44.6 Å². The summed E-state index contributed by atoms with van der Waals surface area (Å²) in [5.41, 5.74) is 0. The number of hydrogen-bond donors (Lipinski definition) is 2. The third kappa shape index (κ3) is 4.44. The number of halogens is 1. The Bertz CT molecular complexity index is 419. The van der Waals surface area contributed by atoms with E-state index in [2.05, 4.69) is 0 Å². The Kier molecular flexibility index (Phi) is 5.34. The van der Waals surface area contributed by atoms with Gasteiger partial charge in [-0.3, -0.25) is 0 Å². The van der Waals surface area contributed by atoms with Gasteiger partial charge in [0.15, 0.2) is 11.6 Å². The summed E-state index contributed by atoms with van der Waals surface area (Å²) in [6.45, 7) is 6.53. The summed E-state index contributed by atoms with van der Waals surface area (Å²) in [7, 11) is 0. The molecular formula is C15H23FNO3+. The predicted molar refractivity (Wildman–Crippen MR) is 73.5 cm³/mol. The van der Waals surface area contributed by atoms with E-state index >= 15 is 0 Å². The second kappa shape index (κ2) is 7.02. The van der Waals surface area contributed by atoms with Crippen LogP contribution in [-0.2, 0) is 4.74 Å². The average molecular weight is 284 g/mol. The number of aliphatic hydroxyl groups is 1. The van der Waals surface area contributed by atoms with E-state index in [1.807, 2.05) is 13.8 Å². The lowest BCUT2D eigenvalue weighted by molar-refractivity contribution is -0.918. The van der Waals surface area contributed by atoms with Gasteiger partial charge in [0.2, 0.25) is 0 Å². The van der Waals surface area contributed by atoms with Crippen LogP contribution in [0.25, 0.3) is 0 Å². The van der Waals surface area contributed by atoms with Crippen LogP contribution < -0.4 is 9.64 Å². The molecule has 20 heavy (non-hydrogen) atoms. The van der Waals surface area contributed by atoms with E-state index in [4.69, 9.17) is 9.47 Å². The third-order valence-electron chi connectivity index (χ3n) is 3.41. The molecule has 4 atom stereocenters. The molecule has 5 heteroatoms. The summed E-state index contributed by atoms with van der Waals surface area (Å²) in [5.74, 6) is -0.217. The quantitative estimate of drug-likeness (QED) is 0.815. The lowest BCUT2D eigenvalue weighted by Gasteiger charge is -2.33. The molecule has 0 amide bonds. The number of para-hydroxylation sites is 1. The minimum absolute atomic E-state index is 0.105. The Morgan fingerprint density at radius 2 is 2.00 bits per heavy atom. The number of benzene rings is 1. The number of ether oxygens (including phenoxy) is 2. The van der Waals surface area contributed by atoms with Crippen LogP contribution in [0, 0.1) is 5.82 Å². The Labute approximate surface area is 119 Å². The molecule has 0 spiro atoms. The Morgan fingerprint density at radius 1 is 1.35 bits per heavy atom. The van der Waals surface area contributed by atoms with Gasteiger partial charge in [0.25, 0.3) is 0 Å². The first-order valence-corrected chi connectivity index (χ1v) is 7.09. The zero-order valence-electron chi connectivity index (χ0n) is 12.0. The van der Waals surface area contributed by atoms with Crippen LogP contribution in [-0.4, -0.2) is 49.7 Å². The van der Waals surface area contributed by atoms with Gasteiger partial charge in [-0.05, 0) is 26.0 Å². The summed E-state index contributed by atoms with van der Waals surface area (Å²) in [5, 5.41) is 10.0. The van der Waals surface area contributed by atoms with Crippen LogP contribution in [0.3, 0.4) is 0 Å². The zero-order valence-corrected chi connectivity index (χ0v) is 12.0. The number of nitrogens with one attached hydrogen (secondary N) is 1. The second-order valence-corrected chi connectivity index (χ2v) is 5.51. The van der Waals surface area contributed by atoms with Crippen molar-refractivity contribution in [1.29, 1.82) is 0 Å². The maximum atomic E-state index is 13.4. The van der Waals surface area contributed by atoms with Crippen molar-refractivity contribution in [3.05, 3.63) is 30.1 Å². The number of aliphatic hydroxyl groups excluding tert-OH is 1. The molecule has 0 aliphatic carbocycles. The summed E-state index contributed by atoms with van der Waals surface area (Å²) in [6.07, 6.45) is -0.205. The summed E-state index contributed by atoms with van der Waals surface area (Å²) >= 11 is 0. The molecule has 0 bridgehead atoms. The Balaban J connectivity index is 1.78. The highest BCUT2D eigenvalue weighted by Gasteiger charge is 2.27. The molecule has 1 unspecified atom stereocenters. The van der Waals surface area contributed by atoms with E-state index in [0.29, 0.717) is 6.54 Å². The Hall–Kier alpha value is -1.17. The molecule has 0 saturated carbocycles. The average Bonchev–Trinajstić information content (AvgIpc) is 2.36. The van der Waals surface area contributed by atoms with Crippen molar-refractivity contribution in [2.75, 3.05) is 26.2 Å². The van der Waals surface area contributed by atoms with Crippen LogP contribution in [0.4, 0.5) is 4.39 Å². The molecule has 0 aromatic heterocycles. The number of morpholine rings is 1. The van der Waals surface area contributed by atoms with Crippen molar-refractivity contribution in [3.63, 3.8) is 0 Å². The molecule has 2 rings (SSSR count). The van der Waals surface area contributed by atoms with E-state index in [1.54, 1.807) is 18.2 Å². The molecule has 1 fully saturated rings. The largest absolute Gasteiger partial charge is 0.488 e. The van der Waals surface area contributed by atoms with Crippen LogP contribution >= 0.6 is 0 Å². The van der Waals surface area contributed by atoms with Gasteiger partial charge in [-0.1, -0.05) is 12.1 Å². The first-order valence-electron chi connectivity index (χ1n) is 7.09. The maximum Gasteiger partial charge on any atom is 0.165 e. The van der Waals surface area contributed by atoms with Gasteiger partial charge in [-0.2, -0.15) is 0 Å². The Morgan fingerprint density at radius 3 is 2.65 bits per heavy atom. The minimum Gasteiger partial charge on any atom is -0.488 e. The van der Waals surface area contributed by atoms with Crippen LogP contribution in [0.15, 0.2) is 24.3 Å². The molecule has 1 aromatic carbocycles. The standard InChI is InChI=1S/C15H22FNO3/c1-11-7-17(8-12(2)20-11)9-13(18)10-19-15-6-4-3-5-14(15)16/h3-6,11-13,18H,7-10H2,1-2H3/p+1/t11-,12+,13-/m0/s1. The normalized spacial score (nSPS) is 28.1. The van der Waals surface area contributed by atoms with Crippen molar-refractivity contribution in [1.82, 2.24) is 0 Å². The van der Waals surface area contributed by atoms with E-state index < -0.39 is 11.9 Å². The van der Waals surface area contributed by atoms with Gasteiger partial charge < -0.3 is 19.5 Å². The molecule has 1 aromatic rings. The van der Waals surface area contributed by atoms with Gasteiger partial charge in [-0.15, -0.1) is 0 Å². The van der Waals surface area contributed by atoms with Crippen molar-refractivity contribution >= 4 is 0 Å². The van der Waals surface area contributed by atoms with Crippen LogP contribution in [0.5, 0.6) is 5.75 Å². The highest BCUT2D eigenvalue weighted by Crippen LogP contribution is 2.15. The smallest absolute Gasteiger partial charge is 0.165 e. The third-order valence-corrected chi connectivity index (χ3v) is 3.41. The molecule has 112 valence electrons. The van der Waals surface area contributed by atoms with Crippen LogP contribution in [0.2, 0.25) is 0 Å². The molecule has 1 aliphatic rings. The second-order valence-electron chi connectivity index (χ2n) is 5.51. The summed E-state index contributed by atoms with van der Waals surface area (Å²) in [6, 6.07) is 6.23.